The van der Waals surface area contributed by atoms with Crippen molar-refractivity contribution in [3.63, 3.8) is 0 Å². The number of aromatic nitrogens is 1. The summed E-state index contributed by atoms with van der Waals surface area (Å²) in [6.45, 7) is 6.18. The van der Waals surface area contributed by atoms with Crippen molar-refractivity contribution in [2.75, 3.05) is 20.1 Å². The van der Waals surface area contributed by atoms with Gasteiger partial charge in [-0.2, -0.15) is 0 Å². The van der Waals surface area contributed by atoms with E-state index in [0.717, 1.165) is 31.2 Å². The van der Waals surface area contributed by atoms with Crippen LogP contribution < -0.4 is 5.32 Å². The van der Waals surface area contributed by atoms with E-state index in [0.29, 0.717) is 0 Å². The molecule has 1 saturated carbocycles. The lowest BCUT2D eigenvalue weighted by Crippen LogP contribution is -2.24. The molecule has 3 nitrogen and oxygen atoms in total. The Morgan fingerprint density at radius 1 is 1.26 bits per heavy atom. The molecule has 0 bridgehead atoms. The second-order valence-corrected chi connectivity index (χ2v) is 5.75. The minimum atomic E-state index is 0.872. The number of rotatable bonds is 7. The second kappa shape index (κ2) is 7.61. The van der Waals surface area contributed by atoms with E-state index in [1.807, 2.05) is 0 Å². The fourth-order valence-corrected chi connectivity index (χ4v) is 2.94. The van der Waals surface area contributed by atoms with Gasteiger partial charge < -0.3 is 10.2 Å². The van der Waals surface area contributed by atoms with Crippen LogP contribution in [-0.4, -0.2) is 30.0 Å². The summed E-state index contributed by atoms with van der Waals surface area (Å²) in [6, 6.07) is 6.36. The fraction of sp³-hybridized carbons (Fsp3) is 0.688. The highest BCUT2D eigenvalue weighted by Gasteiger charge is 2.16. The molecule has 1 aliphatic carbocycles. The van der Waals surface area contributed by atoms with Crippen molar-refractivity contribution in [1.29, 1.82) is 0 Å². The van der Waals surface area contributed by atoms with Gasteiger partial charge in [-0.15, -0.1) is 0 Å². The minimum absolute atomic E-state index is 0.872. The van der Waals surface area contributed by atoms with E-state index >= 15 is 0 Å². The first kappa shape index (κ1) is 14.5. The predicted octanol–water partition coefficient (Wildman–Crippen LogP) is 2.81. The number of hydrogen-bond donors (Lipinski definition) is 1. The Morgan fingerprint density at radius 2 is 2.00 bits per heavy atom. The summed E-state index contributed by atoms with van der Waals surface area (Å²) in [5, 5.41) is 3.33. The first-order valence-corrected chi connectivity index (χ1v) is 7.62. The molecule has 0 amide bonds. The van der Waals surface area contributed by atoms with Gasteiger partial charge in [-0.25, -0.2) is 0 Å². The van der Waals surface area contributed by atoms with E-state index in [1.165, 1.54) is 37.9 Å². The highest BCUT2D eigenvalue weighted by Crippen LogP contribution is 2.25. The smallest absolute Gasteiger partial charge is 0.0547 e. The van der Waals surface area contributed by atoms with Gasteiger partial charge in [-0.05, 0) is 44.5 Å². The molecule has 19 heavy (non-hydrogen) atoms. The molecule has 2 rings (SSSR count). The maximum Gasteiger partial charge on any atom is 0.0547 e. The Balaban J connectivity index is 1.83. The average Bonchev–Trinajstić information content (AvgIpc) is 2.89. The zero-order valence-corrected chi connectivity index (χ0v) is 12.4. The van der Waals surface area contributed by atoms with Crippen molar-refractivity contribution in [2.45, 2.75) is 45.7 Å². The van der Waals surface area contributed by atoms with Crippen molar-refractivity contribution in [1.82, 2.24) is 15.2 Å². The van der Waals surface area contributed by atoms with Gasteiger partial charge in [0.15, 0.2) is 0 Å². The lowest BCUT2D eigenvalue weighted by atomic mass is 10.1. The Kier molecular flexibility index (Phi) is 5.80. The molecule has 0 atom stereocenters. The molecule has 106 valence electrons. The summed E-state index contributed by atoms with van der Waals surface area (Å²) in [7, 11) is 2.22. The van der Waals surface area contributed by atoms with E-state index in [9.17, 15) is 0 Å². The Labute approximate surface area is 117 Å². The third-order valence-electron chi connectivity index (χ3n) is 3.90. The standard InChI is InChI=1S/C16H27N3/c1-3-17-11-15-9-6-10-16(18-15)13-19(2)12-14-7-4-5-8-14/h6,9-10,14,17H,3-5,7-8,11-13H2,1-2H3. The molecule has 0 unspecified atom stereocenters. The van der Waals surface area contributed by atoms with Crippen LogP contribution in [0.15, 0.2) is 18.2 Å². The second-order valence-electron chi connectivity index (χ2n) is 5.75. The zero-order chi connectivity index (χ0) is 13.5. The average molecular weight is 261 g/mol. The Bertz CT molecular complexity index is 372. The molecule has 1 N–H and O–H groups in total. The van der Waals surface area contributed by atoms with Crippen LogP contribution in [0.3, 0.4) is 0 Å². The minimum Gasteiger partial charge on any atom is -0.311 e. The topological polar surface area (TPSA) is 28.2 Å². The van der Waals surface area contributed by atoms with Crippen LogP contribution in [0.25, 0.3) is 0 Å². The van der Waals surface area contributed by atoms with Gasteiger partial charge in [0, 0.05) is 19.6 Å². The van der Waals surface area contributed by atoms with Crippen LogP contribution in [0.1, 0.15) is 44.0 Å². The maximum absolute atomic E-state index is 4.72. The monoisotopic (exact) mass is 261 g/mol. The molecule has 0 spiro atoms. The normalized spacial score (nSPS) is 16.4. The van der Waals surface area contributed by atoms with Gasteiger partial charge >= 0.3 is 0 Å². The van der Waals surface area contributed by atoms with Crippen LogP contribution in [0.2, 0.25) is 0 Å². The fourth-order valence-electron chi connectivity index (χ4n) is 2.94. The van der Waals surface area contributed by atoms with Gasteiger partial charge in [0.2, 0.25) is 0 Å². The Hall–Kier alpha value is -0.930. The molecule has 1 fully saturated rings. The van der Waals surface area contributed by atoms with Gasteiger partial charge in [0.25, 0.3) is 0 Å². The van der Waals surface area contributed by atoms with Crippen LogP contribution in [-0.2, 0) is 13.1 Å². The van der Waals surface area contributed by atoms with Crippen molar-refractivity contribution >= 4 is 0 Å². The summed E-state index contributed by atoms with van der Waals surface area (Å²) in [5.41, 5.74) is 2.34. The molecule has 1 heterocycles. The van der Waals surface area contributed by atoms with Crippen LogP contribution in [0.5, 0.6) is 0 Å². The van der Waals surface area contributed by atoms with Crippen molar-refractivity contribution in [3.8, 4) is 0 Å². The largest absolute Gasteiger partial charge is 0.311 e. The van der Waals surface area contributed by atoms with Gasteiger partial charge in [0.05, 0.1) is 11.4 Å². The molecular weight excluding hydrogens is 234 g/mol. The summed E-state index contributed by atoms with van der Waals surface area (Å²) >= 11 is 0. The van der Waals surface area contributed by atoms with Crippen LogP contribution in [0, 0.1) is 5.92 Å². The van der Waals surface area contributed by atoms with Crippen molar-refractivity contribution in [2.24, 2.45) is 5.92 Å². The Morgan fingerprint density at radius 3 is 2.74 bits per heavy atom. The van der Waals surface area contributed by atoms with Gasteiger partial charge in [-0.3, -0.25) is 4.98 Å². The number of pyridine rings is 1. The molecule has 0 aromatic carbocycles. The summed E-state index contributed by atoms with van der Waals surface area (Å²) in [4.78, 5) is 7.15. The van der Waals surface area contributed by atoms with Crippen LogP contribution in [0.4, 0.5) is 0 Å². The van der Waals surface area contributed by atoms with E-state index in [1.54, 1.807) is 0 Å². The zero-order valence-electron chi connectivity index (χ0n) is 12.4. The highest BCUT2D eigenvalue weighted by atomic mass is 15.1. The lowest BCUT2D eigenvalue weighted by Gasteiger charge is -2.20. The van der Waals surface area contributed by atoms with E-state index < -0.39 is 0 Å². The number of nitrogens with one attached hydrogen (secondary N) is 1. The van der Waals surface area contributed by atoms with Crippen LogP contribution >= 0.6 is 0 Å². The molecule has 1 aromatic heterocycles. The third kappa shape index (κ3) is 4.92. The van der Waals surface area contributed by atoms with Crippen molar-refractivity contribution < 1.29 is 0 Å². The number of hydrogen-bond acceptors (Lipinski definition) is 3. The molecule has 0 aliphatic heterocycles. The molecular formula is C16H27N3. The molecule has 3 heteroatoms. The first-order valence-electron chi connectivity index (χ1n) is 7.62. The van der Waals surface area contributed by atoms with Gasteiger partial charge in [-0.1, -0.05) is 25.8 Å². The molecule has 1 aliphatic rings. The summed E-state index contributed by atoms with van der Waals surface area (Å²) in [5.74, 6) is 0.912. The molecule has 0 saturated heterocycles. The van der Waals surface area contributed by atoms with Crippen molar-refractivity contribution in [3.05, 3.63) is 29.6 Å². The lowest BCUT2D eigenvalue weighted by molar-refractivity contribution is 0.268. The quantitative estimate of drug-likeness (QED) is 0.818. The van der Waals surface area contributed by atoms with Gasteiger partial charge in [0.1, 0.15) is 0 Å². The van der Waals surface area contributed by atoms with E-state index in [2.05, 4.69) is 42.4 Å². The number of nitrogens with zero attached hydrogens (tertiary/aromatic N) is 2. The summed E-state index contributed by atoms with van der Waals surface area (Å²) in [6.07, 6.45) is 5.68. The predicted molar refractivity (Wildman–Crippen MR) is 79.9 cm³/mol. The van der Waals surface area contributed by atoms with E-state index in [4.69, 9.17) is 4.98 Å². The highest BCUT2D eigenvalue weighted by molar-refractivity contribution is 5.11. The SMILES string of the molecule is CCNCc1cccc(CN(C)CC2CCCC2)n1. The summed E-state index contributed by atoms with van der Waals surface area (Å²) < 4.78 is 0. The third-order valence-corrected chi connectivity index (χ3v) is 3.90. The van der Waals surface area contributed by atoms with E-state index in [-0.39, 0.29) is 0 Å². The maximum atomic E-state index is 4.72. The first-order chi connectivity index (χ1) is 9.28. The molecule has 1 aromatic rings. The molecule has 0 radical (unpaired) electrons.